The van der Waals surface area contributed by atoms with Gasteiger partial charge in [0, 0.05) is 17.0 Å². The van der Waals surface area contributed by atoms with Crippen molar-refractivity contribution in [3.8, 4) is 5.75 Å². The van der Waals surface area contributed by atoms with Crippen molar-refractivity contribution in [2.45, 2.75) is 26.9 Å². The van der Waals surface area contributed by atoms with Gasteiger partial charge in [0.05, 0.1) is 7.11 Å². The second-order valence-corrected chi connectivity index (χ2v) is 5.78. The molecule has 26 heavy (non-hydrogen) atoms. The van der Waals surface area contributed by atoms with E-state index in [0.29, 0.717) is 22.7 Å². The molecule has 0 aliphatic rings. The highest BCUT2D eigenvalue weighted by Gasteiger charge is 2.25. The molecule has 0 aliphatic carbocycles. The second kappa shape index (κ2) is 6.91. The number of methoxy groups -OCH3 is 1. The molecular weight excluding hydrogens is 340 g/mol. The zero-order chi connectivity index (χ0) is 18.8. The normalized spacial score (nSPS) is 12.0. The summed E-state index contributed by atoms with van der Waals surface area (Å²) >= 11 is 0. The van der Waals surface area contributed by atoms with Gasteiger partial charge in [-0.05, 0) is 39.0 Å². The number of nitrogens with one attached hydrogen (secondary N) is 1. The van der Waals surface area contributed by atoms with Gasteiger partial charge in [-0.15, -0.1) is 0 Å². The smallest absolute Gasteiger partial charge is 0.375 e. The minimum absolute atomic E-state index is 0.0465. The Bertz CT molecular complexity index is 971. The minimum Gasteiger partial charge on any atom is -0.497 e. The number of rotatable bonds is 5. The number of nitrogens with zero attached hydrogens (tertiary/aromatic N) is 1. The summed E-state index contributed by atoms with van der Waals surface area (Å²) in [7, 11) is 1.56. The van der Waals surface area contributed by atoms with Crippen LogP contribution in [0.1, 0.15) is 28.8 Å². The van der Waals surface area contributed by atoms with E-state index in [-0.39, 0.29) is 11.6 Å². The number of carbonyl (C=O) groups is 2. The van der Waals surface area contributed by atoms with Crippen molar-refractivity contribution >= 4 is 28.7 Å². The maximum Gasteiger partial charge on any atom is 0.375 e. The van der Waals surface area contributed by atoms with Gasteiger partial charge in [-0.1, -0.05) is 5.16 Å². The van der Waals surface area contributed by atoms with Crippen LogP contribution in [0.2, 0.25) is 0 Å². The number of fused-ring (bicyclic) bond motifs is 1. The zero-order valence-corrected chi connectivity index (χ0v) is 14.8. The van der Waals surface area contributed by atoms with Gasteiger partial charge in [-0.3, -0.25) is 4.79 Å². The van der Waals surface area contributed by atoms with Gasteiger partial charge in [-0.25, -0.2) is 4.79 Å². The maximum atomic E-state index is 12.4. The summed E-state index contributed by atoms with van der Waals surface area (Å²) in [5, 5.41) is 6.91. The number of hydrogen-bond acceptors (Lipinski definition) is 7. The van der Waals surface area contributed by atoms with E-state index in [9.17, 15) is 9.59 Å². The number of furan rings is 1. The van der Waals surface area contributed by atoms with Crippen LogP contribution in [0.5, 0.6) is 5.75 Å². The molecule has 8 heteroatoms. The zero-order valence-electron chi connectivity index (χ0n) is 14.8. The molecule has 1 unspecified atom stereocenters. The third-order valence-corrected chi connectivity index (χ3v) is 3.86. The molecule has 0 saturated carbocycles. The van der Waals surface area contributed by atoms with Crippen LogP contribution in [0, 0.1) is 13.8 Å². The van der Waals surface area contributed by atoms with Crippen LogP contribution in [0.3, 0.4) is 0 Å². The molecule has 0 aliphatic heterocycles. The highest BCUT2D eigenvalue weighted by Crippen LogP contribution is 2.29. The van der Waals surface area contributed by atoms with Crippen LogP contribution in [0.25, 0.3) is 11.0 Å². The van der Waals surface area contributed by atoms with E-state index in [1.807, 2.05) is 0 Å². The lowest BCUT2D eigenvalue weighted by Crippen LogP contribution is -2.30. The number of amides is 1. The molecule has 1 N–H and O–H groups in total. The number of esters is 1. The lowest BCUT2D eigenvalue weighted by Gasteiger charge is -2.11. The number of aryl methyl sites for hydroxylation is 2. The van der Waals surface area contributed by atoms with Crippen LogP contribution in [0.4, 0.5) is 5.82 Å². The number of benzene rings is 1. The van der Waals surface area contributed by atoms with Crippen LogP contribution < -0.4 is 10.1 Å². The lowest BCUT2D eigenvalue weighted by molar-refractivity contribution is -0.123. The highest BCUT2D eigenvalue weighted by molar-refractivity contribution is 5.99. The summed E-state index contributed by atoms with van der Waals surface area (Å²) in [5.74, 6) is 0.251. The first kappa shape index (κ1) is 17.5. The van der Waals surface area contributed by atoms with Gasteiger partial charge in [-0.2, -0.15) is 0 Å². The second-order valence-electron chi connectivity index (χ2n) is 5.78. The maximum absolute atomic E-state index is 12.4. The molecule has 0 saturated heterocycles. The predicted octanol–water partition coefficient (Wildman–Crippen LogP) is 3.23. The van der Waals surface area contributed by atoms with E-state index < -0.39 is 18.0 Å². The lowest BCUT2D eigenvalue weighted by atomic mass is 10.1. The van der Waals surface area contributed by atoms with Crippen LogP contribution in [-0.4, -0.2) is 30.2 Å². The van der Waals surface area contributed by atoms with E-state index >= 15 is 0 Å². The highest BCUT2D eigenvalue weighted by atomic mass is 16.6. The fourth-order valence-corrected chi connectivity index (χ4v) is 2.44. The van der Waals surface area contributed by atoms with Gasteiger partial charge in [0.2, 0.25) is 5.76 Å². The van der Waals surface area contributed by atoms with Crippen LogP contribution in [-0.2, 0) is 9.53 Å². The summed E-state index contributed by atoms with van der Waals surface area (Å²) < 4.78 is 20.8. The van der Waals surface area contributed by atoms with Gasteiger partial charge in [0.1, 0.15) is 17.1 Å². The molecule has 1 atom stereocenters. The largest absolute Gasteiger partial charge is 0.497 e. The Morgan fingerprint density at radius 1 is 1.23 bits per heavy atom. The molecule has 1 aromatic carbocycles. The molecule has 8 nitrogen and oxygen atoms in total. The van der Waals surface area contributed by atoms with Crippen molar-refractivity contribution in [3.63, 3.8) is 0 Å². The Kier molecular flexibility index (Phi) is 4.66. The van der Waals surface area contributed by atoms with E-state index in [0.717, 1.165) is 5.39 Å². The number of anilines is 1. The SMILES string of the molecule is COc1ccc2oc(C(=O)OC(C)C(=O)Nc3cc(C)on3)c(C)c2c1. The molecule has 2 heterocycles. The van der Waals surface area contributed by atoms with Crippen molar-refractivity contribution in [2.75, 3.05) is 12.4 Å². The van der Waals surface area contributed by atoms with E-state index in [4.69, 9.17) is 18.4 Å². The number of aromatic nitrogens is 1. The average Bonchev–Trinajstić information content (AvgIpc) is 3.17. The van der Waals surface area contributed by atoms with Crippen molar-refractivity contribution in [1.29, 1.82) is 0 Å². The summed E-state index contributed by atoms with van der Waals surface area (Å²) in [6.07, 6.45) is -1.04. The van der Waals surface area contributed by atoms with Crippen molar-refractivity contribution in [3.05, 3.63) is 41.3 Å². The summed E-state index contributed by atoms with van der Waals surface area (Å²) in [4.78, 5) is 24.5. The monoisotopic (exact) mass is 358 g/mol. The molecule has 1 amide bonds. The molecule has 3 rings (SSSR count). The van der Waals surface area contributed by atoms with Crippen molar-refractivity contribution < 1.29 is 28.0 Å². The third kappa shape index (κ3) is 3.39. The van der Waals surface area contributed by atoms with Gasteiger partial charge in [0.25, 0.3) is 5.91 Å². The minimum atomic E-state index is -1.04. The van der Waals surface area contributed by atoms with Crippen LogP contribution >= 0.6 is 0 Å². The summed E-state index contributed by atoms with van der Waals surface area (Å²) in [6, 6.07) is 6.77. The van der Waals surface area contributed by atoms with Gasteiger partial charge in [0.15, 0.2) is 11.9 Å². The average molecular weight is 358 g/mol. The number of carbonyl (C=O) groups excluding carboxylic acids is 2. The van der Waals surface area contributed by atoms with Crippen molar-refractivity contribution in [1.82, 2.24) is 5.16 Å². The first-order chi connectivity index (χ1) is 12.4. The van der Waals surface area contributed by atoms with Gasteiger partial charge >= 0.3 is 5.97 Å². The van der Waals surface area contributed by atoms with E-state index in [1.165, 1.54) is 6.92 Å². The quantitative estimate of drug-likeness (QED) is 0.698. The summed E-state index contributed by atoms with van der Waals surface area (Å²) in [5.41, 5.74) is 1.15. The topological polar surface area (TPSA) is 104 Å². The molecule has 2 aromatic heterocycles. The first-order valence-corrected chi connectivity index (χ1v) is 7.91. The first-order valence-electron chi connectivity index (χ1n) is 7.91. The Morgan fingerprint density at radius 3 is 2.65 bits per heavy atom. The Hall–Kier alpha value is -3.29. The summed E-state index contributed by atoms with van der Waals surface area (Å²) in [6.45, 7) is 4.90. The molecule has 0 fully saturated rings. The fourth-order valence-electron chi connectivity index (χ4n) is 2.44. The van der Waals surface area contributed by atoms with Crippen molar-refractivity contribution in [2.24, 2.45) is 0 Å². The third-order valence-electron chi connectivity index (χ3n) is 3.86. The number of hydrogen-bond donors (Lipinski definition) is 1. The fraction of sp³-hybridized carbons (Fsp3) is 0.278. The molecule has 136 valence electrons. The van der Waals surface area contributed by atoms with Crippen LogP contribution in [0.15, 0.2) is 33.2 Å². The molecule has 0 spiro atoms. The van der Waals surface area contributed by atoms with E-state index in [2.05, 4.69) is 10.5 Å². The Morgan fingerprint density at radius 2 is 2.00 bits per heavy atom. The Balaban J connectivity index is 1.73. The number of ether oxygens (including phenoxy) is 2. The molecule has 0 bridgehead atoms. The van der Waals surface area contributed by atoms with E-state index in [1.54, 1.807) is 45.2 Å². The Labute approximate surface area is 149 Å². The predicted molar refractivity (Wildman–Crippen MR) is 92.3 cm³/mol. The molecular formula is C18H18N2O6. The van der Waals surface area contributed by atoms with Gasteiger partial charge < -0.3 is 23.7 Å². The standard InChI is InChI=1S/C18H18N2O6/c1-9-7-15(20-26-9)19-17(21)11(3)24-18(22)16-10(2)13-8-12(23-4)5-6-14(13)25-16/h5-8,11H,1-4H3,(H,19,20,21). The molecule has 3 aromatic rings. The molecule has 0 radical (unpaired) electrons.